The Hall–Kier alpha value is -2.19. The van der Waals surface area contributed by atoms with E-state index in [1.807, 2.05) is 19.1 Å². The molecule has 0 spiro atoms. The molecule has 2 N–H and O–H groups in total. The van der Waals surface area contributed by atoms with Gasteiger partial charge in [-0.15, -0.1) is 5.10 Å². The summed E-state index contributed by atoms with van der Waals surface area (Å²) in [5.74, 6) is 1.18. The number of aryl methyl sites for hydroxylation is 2. The van der Waals surface area contributed by atoms with Gasteiger partial charge in [0.05, 0.1) is 18.8 Å². The quantitative estimate of drug-likeness (QED) is 0.803. The second kappa shape index (κ2) is 8.26. The fourth-order valence-corrected chi connectivity index (χ4v) is 2.73. The summed E-state index contributed by atoms with van der Waals surface area (Å²) in [6.07, 6.45) is 2.87. The lowest BCUT2D eigenvalue weighted by molar-refractivity contribution is -0.124. The molecular formula is C16H20ClN5O3. The summed E-state index contributed by atoms with van der Waals surface area (Å²) in [5.41, 5.74) is 0.921. The number of carbonyl (C=O) groups is 1. The number of nitrogens with zero attached hydrogens (tertiary/aromatic N) is 3. The number of amides is 1. The van der Waals surface area contributed by atoms with Gasteiger partial charge in [0.25, 0.3) is 0 Å². The van der Waals surface area contributed by atoms with E-state index in [-0.39, 0.29) is 23.3 Å². The second-order valence-electron chi connectivity index (χ2n) is 5.88. The van der Waals surface area contributed by atoms with Gasteiger partial charge in [-0.05, 0) is 37.1 Å². The topological polar surface area (TPSA) is 102 Å². The molecule has 2 aromatic rings. The van der Waals surface area contributed by atoms with Gasteiger partial charge in [0.1, 0.15) is 17.7 Å². The third-order valence-electron chi connectivity index (χ3n) is 3.92. The number of ether oxygens (including phenoxy) is 2. The Morgan fingerprint density at radius 3 is 3.12 bits per heavy atom. The number of rotatable bonds is 6. The smallest absolute Gasteiger partial charge is 0.242 e. The summed E-state index contributed by atoms with van der Waals surface area (Å²) < 4.78 is 11.4. The number of H-pyrrole nitrogens is 1. The molecule has 0 aliphatic carbocycles. The highest BCUT2D eigenvalue weighted by atomic mass is 35.5. The largest absolute Gasteiger partial charge is 0.484 e. The minimum Gasteiger partial charge on any atom is -0.484 e. The first-order chi connectivity index (χ1) is 12.1. The van der Waals surface area contributed by atoms with Crippen LogP contribution in [0.2, 0.25) is 5.28 Å². The Kier molecular flexibility index (Phi) is 5.83. The molecule has 2 aromatic heterocycles. The third-order valence-corrected chi connectivity index (χ3v) is 4.08. The molecule has 1 aliphatic rings. The van der Waals surface area contributed by atoms with Gasteiger partial charge in [-0.25, -0.2) is 4.98 Å². The van der Waals surface area contributed by atoms with Crippen molar-refractivity contribution < 1.29 is 14.3 Å². The van der Waals surface area contributed by atoms with Gasteiger partial charge < -0.3 is 14.8 Å². The van der Waals surface area contributed by atoms with Gasteiger partial charge in [0, 0.05) is 25.1 Å². The minimum atomic E-state index is -0.248. The number of hydrogen-bond donors (Lipinski definition) is 2. The number of aromatic nitrogens is 4. The van der Waals surface area contributed by atoms with E-state index in [1.165, 1.54) is 0 Å². The van der Waals surface area contributed by atoms with Crippen molar-refractivity contribution in [2.75, 3.05) is 13.2 Å². The third kappa shape index (κ3) is 5.14. The summed E-state index contributed by atoms with van der Waals surface area (Å²) in [6.45, 7) is 2.93. The van der Waals surface area contributed by atoms with Gasteiger partial charge in [0.15, 0.2) is 0 Å². The molecule has 8 nitrogen and oxygen atoms in total. The predicted molar refractivity (Wildman–Crippen MR) is 90.5 cm³/mol. The van der Waals surface area contributed by atoms with E-state index in [9.17, 15) is 4.79 Å². The molecule has 0 bridgehead atoms. The van der Waals surface area contributed by atoms with Crippen molar-refractivity contribution in [3.8, 4) is 5.75 Å². The van der Waals surface area contributed by atoms with E-state index >= 15 is 0 Å². The lowest BCUT2D eigenvalue weighted by Crippen LogP contribution is -2.51. The van der Waals surface area contributed by atoms with Crippen LogP contribution in [0.5, 0.6) is 5.75 Å². The molecule has 134 valence electrons. The molecule has 0 saturated carbocycles. The maximum absolute atomic E-state index is 12.2. The van der Waals surface area contributed by atoms with Crippen molar-refractivity contribution in [1.29, 1.82) is 0 Å². The Labute approximate surface area is 150 Å². The molecule has 1 amide bonds. The Balaban J connectivity index is 1.53. The van der Waals surface area contributed by atoms with E-state index in [0.29, 0.717) is 44.1 Å². The fraction of sp³-hybridized carbons (Fsp3) is 0.500. The normalized spacial score (nSPS) is 20.2. The van der Waals surface area contributed by atoms with E-state index in [1.54, 1.807) is 6.20 Å². The van der Waals surface area contributed by atoms with Crippen LogP contribution in [0.1, 0.15) is 24.4 Å². The highest BCUT2D eigenvalue weighted by Gasteiger charge is 2.29. The Bertz CT molecular complexity index is 706. The zero-order valence-electron chi connectivity index (χ0n) is 13.9. The molecule has 3 rings (SSSR count). The van der Waals surface area contributed by atoms with Gasteiger partial charge in [-0.2, -0.15) is 0 Å². The maximum atomic E-state index is 12.2. The van der Waals surface area contributed by atoms with Crippen LogP contribution in [-0.4, -0.2) is 51.4 Å². The lowest BCUT2D eigenvalue weighted by Gasteiger charge is -2.32. The molecule has 0 unspecified atom stereocenters. The van der Waals surface area contributed by atoms with Crippen LogP contribution < -0.4 is 10.1 Å². The first-order valence-electron chi connectivity index (χ1n) is 8.13. The van der Waals surface area contributed by atoms with E-state index in [0.717, 1.165) is 5.69 Å². The summed E-state index contributed by atoms with van der Waals surface area (Å²) in [4.78, 5) is 20.4. The Morgan fingerprint density at radius 2 is 2.40 bits per heavy atom. The summed E-state index contributed by atoms with van der Waals surface area (Å²) in [6, 6.07) is 3.64. The molecule has 0 aromatic carbocycles. The van der Waals surface area contributed by atoms with Gasteiger partial charge in [-0.1, -0.05) is 0 Å². The molecule has 25 heavy (non-hydrogen) atoms. The van der Waals surface area contributed by atoms with Crippen molar-refractivity contribution in [3.63, 3.8) is 0 Å². The number of pyridine rings is 1. The monoisotopic (exact) mass is 365 g/mol. The molecule has 2 atom stereocenters. The lowest BCUT2D eigenvalue weighted by atomic mass is 10.1. The molecule has 1 aliphatic heterocycles. The maximum Gasteiger partial charge on any atom is 0.242 e. The number of carbonyl (C=O) groups excluding carboxylic acids is 1. The van der Waals surface area contributed by atoms with Crippen molar-refractivity contribution in [2.45, 2.75) is 38.3 Å². The zero-order valence-corrected chi connectivity index (χ0v) is 14.6. The summed E-state index contributed by atoms with van der Waals surface area (Å²) >= 11 is 5.65. The molecule has 1 saturated heterocycles. The summed E-state index contributed by atoms with van der Waals surface area (Å²) in [7, 11) is 0. The standard InChI is InChI=1S/C16H20ClN5O3/c1-10-2-3-11(8-18-10)25-13-9-24-7-6-12(13)19-15(23)5-4-14-20-16(17)22-21-14/h2-3,8,12-13H,4-7,9H2,1H3,(H,19,23)(H,20,21,22)/t12-,13+/m1/s1. The molecule has 9 heteroatoms. The van der Waals surface area contributed by atoms with Crippen LogP contribution in [0.15, 0.2) is 18.3 Å². The van der Waals surface area contributed by atoms with Gasteiger partial charge >= 0.3 is 0 Å². The van der Waals surface area contributed by atoms with Crippen LogP contribution >= 0.6 is 11.6 Å². The number of halogens is 1. The Morgan fingerprint density at radius 1 is 1.52 bits per heavy atom. The number of aromatic amines is 1. The van der Waals surface area contributed by atoms with E-state index in [4.69, 9.17) is 21.1 Å². The average molecular weight is 366 g/mol. The van der Waals surface area contributed by atoms with Crippen LogP contribution in [0.25, 0.3) is 0 Å². The number of nitrogens with one attached hydrogen (secondary N) is 2. The van der Waals surface area contributed by atoms with Crippen molar-refractivity contribution in [3.05, 3.63) is 35.1 Å². The fourth-order valence-electron chi connectivity index (χ4n) is 2.59. The SMILES string of the molecule is Cc1ccc(O[C@H]2COCC[C@H]2NC(=O)CCc2nc(Cl)n[nH]2)cn1. The first-order valence-corrected chi connectivity index (χ1v) is 8.51. The van der Waals surface area contributed by atoms with E-state index < -0.39 is 0 Å². The molecule has 3 heterocycles. The van der Waals surface area contributed by atoms with Crippen LogP contribution in [0.4, 0.5) is 0 Å². The van der Waals surface area contributed by atoms with Crippen molar-refractivity contribution in [1.82, 2.24) is 25.5 Å². The van der Waals surface area contributed by atoms with Gasteiger partial charge in [0.2, 0.25) is 11.2 Å². The zero-order chi connectivity index (χ0) is 17.6. The highest BCUT2D eigenvalue weighted by Crippen LogP contribution is 2.17. The minimum absolute atomic E-state index is 0.0740. The van der Waals surface area contributed by atoms with Crippen LogP contribution in [0.3, 0.4) is 0 Å². The molecular weight excluding hydrogens is 346 g/mol. The molecule has 0 radical (unpaired) electrons. The van der Waals surface area contributed by atoms with Crippen molar-refractivity contribution >= 4 is 17.5 Å². The van der Waals surface area contributed by atoms with Crippen LogP contribution in [-0.2, 0) is 16.0 Å². The average Bonchev–Trinajstić information content (AvgIpc) is 3.02. The summed E-state index contributed by atoms with van der Waals surface area (Å²) in [5, 5.41) is 9.59. The highest BCUT2D eigenvalue weighted by molar-refractivity contribution is 6.28. The van der Waals surface area contributed by atoms with Crippen molar-refractivity contribution in [2.24, 2.45) is 0 Å². The second-order valence-corrected chi connectivity index (χ2v) is 6.22. The number of hydrogen-bond acceptors (Lipinski definition) is 6. The van der Waals surface area contributed by atoms with Gasteiger partial charge in [-0.3, -0.25) is 14.9 Å². The van der Waals surface area contributed by atoms with E-state index in [2.05, 4.69) is 25.5 Å². The van der Waals surface area contributed by atoms with Crippen LogP contribution in [0, 0.1) is 6.92 Å². The molecule has 1 fully saturated rings. The first kappa shape index (κ1) is 17.6. The predicted octanol–water partition coefficient (Wildman–Crippen LogP) is 1.45.